The van der Waals surface area contributed by atoms with Gasteiger partial charge in [-0.25, -0.2) is 0 Å². The average Bonchev–Trinajstić information content (AvgIpc) is 2.73. The Hall–Kier alpha value is -0.0800. The molecule has 2 atom stereocenters. The molecule has 1 aliphatic carbocycles. The lowest BCUT2D eigenvalue weighted by molar-refractivity contribution is -0.0114. The molecule has 2 aliphatic rings. The maximum atomic E-state index is 5.81. The first-order valence-corrected chi connectivity index (χ1v) is 4.63. The standard InChI is InChI=1S/C9H16O2/c1-7(9-6-10-9)11-8-4-2-3-5-8/h7-9H,2-6H2,1H3/t7-,9-/m1/s1. The third kappa shape index (κ3) is 1.94. The van der Waals surface area contributed by atoms with Gasteiger partial charge in [0.05, 0.1) is 18.8 Å². The predicted molar refractivity (Wildman–Crippen MR) is 42.5 cm³/mol. The summed E-state index contributed by atoms with van der Waals surface area (Å²) in [6, 6.07) is 0. The van der Waals surface area contributed by atoms with Crippen LogP contribution in [0.2, 0.25) is 0 Å². The van der Waals surface area contributed by atoms with Crippen molar-refractivity contribution < 1.29 is 9.47 Å². The van der Waals surface area contributed by atoms with Gasteiger partial charge in [-0.1, -0.05) is 12.8 Å². The summed E-state index contributed by atoms with van der Waals surface area (Å²) in [6.45, 7) is 3.03. The summed E-state index contributed by atoms with van der Waals surface area (Å²) in [5.74, 6) is 0. The van der Waals surface area contributed by atoms with Crippen LogP contribution in [0, 0.1) is 0 Å². The van der Waals surface area contributed by atoms with Crippen LogP contribution >= 0.6 is 0 Å². The van der Waals surface area contributed by atoms with Gasteiger partial charge in [-0.3, -0.25) is 0 Å². The predicted octanol–water partition coefficient (Wildman–Crippen LogP) is 1.73. The Morgan fingerprint density at radius 3 is 2.55 bits per heavy atom. The second-order valence-electron chi connectivity index (χ2n) is 3.62. The Morgan fingerprint density at radius 1 is 1.36 bits per heavy atom. The van der Waals surface area contributed by atoms with E-state index in [1.165, 1.54) is 25.7 Å². The molecule has 2 nitrogen and oxygen atoms in total. The molecule has 0 aromatic rings. The van der Waals surface area contributed by atoms with Gasteiger partial charge in [-0.2, -0.15) is 0 Å². The van der Waals surface area contributed by atoms with Crippen LogP contribution in [0.4, 0.5) is 0 Å². The fraction of sp³-hybridized carbons (Fsp3) is 1.00. The van der Waals surface area contributed by atoms with Crippen molar-refractivity contribution >= 4 is 0 Å². The highest BCUT2D eigenvalue weighted by Crippen LogP contribution is 2.25. The van der Waals surface area contributed by atoms with Gasteiger partial charge in [0.25, 0.3) is 0 Å². The van der Waals surface area contributed by atoms with Crippen molar-refractivity contribution in [1.29, 1.82) is 0 Å². The van der Waals surface area contributed by atoms with Crippen molar-refractivity contribution in [2.45, 2.75) is 50.9 Å². The Balaban J connectivity index is 1.70. The zero-order valence-corrected chi connectivity index (χ0v) is 7.08. The highest BCUT2D eigenvalue weighted by molar-refractivity contribution is 4.78. The molecule has 11 heavy (non-hydrogen) atoms. The Kier molecular flexibility index (Phi) is 2.14. The van der Waals surface area contributed by atoms with Crippen LogP contribution in [0.1, 0.15) is 32.6 Å². The third-order valence-electron chi connectivity index (χ3n) is 2.59. The molecule has 0 radical (unpaired) electrons. The van der Waals surface area contributed by atoms with Crippen molar-refractivity contribution in [3.8, 4) is 0 Å². The van der Waals surface area contributed by atoms with E-state index in [4.69, 9.17) is 9.47 Å². The van der Waals surface area contributed by atoms with Crippen molar-refractivity contribution in [2.75, 3.05) is 6.61 Å². The zero-order valence-electron chi connectivity index (χ0n) is 7.08. The average molecular weight is 156 g/mol. The van der Waals surface area contributed by atoms with Crippen LogP contribution < -0.4 is 0 Å². The van der Waals surface area contributed by atoms with Crippen LogP contribution in [-0.2, 0) is 9.47 Å². The largest absolute Gasteiger partial charge is 0.372 e. The van der Waals surface area contributed by atoms with Gasteiger partial charge in [0.15, 0.2) is 0 Å². The summed E-state index contributed by atoms with van der Waals surface area (Å²) >= 11 is 0. The van der Waals surface area contributed by atoms with E-state index in [0.29, 0.717) is 18.3 Å². The normalized spacial score (nSPS) is 34.1. The van der Waals surface area contributed by atoms with Crippen LogP contribution in [0.3, 0.4) is 0 Å². The summed E-state index contributed by atoms with van der Waals surface area (Å²) in [7, 11) is 0. The monoisotopic (exact) mass is 156 g/mol. The first-order valence-electron chi connectivity index (χ1n) is 4.63. The molecule has 0 N–H and O–H groups in total. The Bertz CT molecular complexity index is 126. The van der Waals surface area contributed by atoms with Gasteiger partial charge in [0.2, 0.25) is 0 Å². The first-order chi connectivity index (χ1) is 5.36. The van der Waals surface area contributed by atoms with Gasteiger partial charge in [-0.05, 0) is 19.8 Å². The summed E-state index contributed by atoms with van der Waals surface area (Å²) in [6.07, 6.45) is 6.50. The van der Waals surface area contributed by atoms with E-state index in [1.54, 1.807) is 0 Å². The molecule has 0 bridgehead atoms. The quantitative estimate of drug-likeness (QED) is 0.580. The first kappa shape index (κ1) is 7.56. The van der Waals surface area contributed by atoms with E-state index in [9.17, 15) is 0 Å². The lowest BCUT2D eigenvalue weighted by Crippen LogP contribution is -2.21. The lowest BCUT2D eigenvalue weighted by Gasteiger charge is -2.15. The van der Waals surface area contributed by atoms with Crippen molar-refractivity contribution in [1.82, 2.24) is 0 Å². The smallest absolute Gasteiger partial charge is 0.107 e. The number of hydrogen-bond donors (Lipinski definition) is 0. The maximum Gasteiger partial charge on any atom is 0.107 e. The molecule has 1 saturated carbocycles. The molecular formula is C9H16O2. The van der Waals surface area contributed by atoms with Crippen LogP contribution in [0.15, 0.2) is 0 Å². The second-order valence-corrected chi connectivity index (χ2v) is 3.62. The number of rotatable bonds is 3. The topological polar surface area (TPSA) is 21.8 Å². The fourth-order valence-corrected chi connectivity index (χ4v) is 1.74. The van der Waals surface area contributed by atoms with E-state index < -0.39 is 0 Å². The third-order valence-corrected chi connectivity index (χ3v) is 2.59. The molecule has 2 fully saturated rings. The minimum atomic E-state index is 0.332. The van der Waals surface area contributed by atoms with Gasteiger partial charge >= 0.3 is 0 Å². The SMILES string of the molecule is C[C@@H](OC1CCCC1)[C@H]1CO1. The van der Waals surface area contributed by atoms with Crippen LogP contribution in [0.25, 0.3) is 0 Å². The second kappa shape index (κ2) is 3.11. The maximum absolute atomic E-state index is 5.81. The van der Waals surface area contributed by atoms with Crippen molar-refractivity contribution in [2.24, 2.45) is 0 Å². The van der Waals surface area contributed by atoms with Crippen molar-refractivity contribution in [3.63, 3.8) is 0 Å². The number of epoxide rings is 1. The van der Waals surface area contributed by atoms with Gasteiger partial charge in [-0.15, -0.1) is 0 Å². The molecule has 64 valence electrons. The number of hydrogen-bond acceptors (Lipinski definition) is 2. The van der Waals surface area contributed by atoms with Crippen LogP contribution in [-0.4, -0.2) is 24.9 Å². The molecule has 1 heterocycles. The molecule has 0 aromatic heterocycles. The van der Waals surface area contributed by atoms with E-state index >= 15 is 0 Å². The number of ether oxygens (including phenoxy) is 2. The molecule has 2 heteroatoms. The molecule has 1 saturated heterocycles. The van der Waals surface area contributed by atoms with Gasteiger partial charge in [0.1, 0.15) is 6.10 Å². The molecule has 0 amide bonds. The highest BCUT2D eigenvalue weighted by atomic mass is 16.6. The fourth-order valence-electron chi connectivity index (χ4n) is 1.74. The minimum Gasteiger partial charge on any atom is -0.372 e. The zero-order chi connectivity index (χ0) is 7.68. The molecule has 2 rings (SSSR count). The minimum absolute atomic E-state index is 0.332. The van der Waals surface area contributed by atoms with Gasteiger partial charge in [0, 0.05) is 0 Å². The molecule has 0 aromatic carbocycles. The summed E-state index contributed by atoms with van der Waals surface area (Å²) in [5, 5.41) is 0. The van der Waals surface area contributed by atoms with Crippen molar-refractivity contribution in [3.05, 3.63) is 0 Å². The van der Waals surface area contributed by atoms with E-state index in [-0.39, 0.29) is 0 Å². The molecule has 0 unspecified atom stereocenters. The molecular weight excluding hydrogens is 140 g/mol. The summed E-state index contributed by atoms with van der Waals surface area (Å²) in [5.41, 5.74) is 0. The summed E-state index contributed by atoms with van der Waals surface area (Å²) in [4.78, 5) is 0. The van der Waals surface area contributed by atoms with E-state index in [1.807, 2.05) is 0 Å². The Morgan fingerprint density at radius 2 is 2.00 bits per heavy atom. The highest BCUT2D eigenvalue weighted by Gasteiger charge is 2.32. The van der Waals surface area contributed by atoms with E-state index in [2.05, 4.69) is 6.92 Å². The van der Waals surface area contributed by atoms with Crippen LogP contribution in [0.5, 0.6) is 0 Å². The van der Waals surface area contributed by atoms with Gasteiger partial charge < -0.3 is 9.47 Å². The lowest BCUT2D eigenvalue weighted by atomic mass is 10.2. The molecule has 0 spiro atoms. The summed E-state index contributed by atoms with van der Waals surface area (Å²) < 4.78 is 11.0. The van der Waals surface area contributed by atoms with E-state index in [0.717, 1.165) is 6.61 Å². The molecule has 1 aliphatic heterocycles. The Labute approximate surface area is 67.9 Å².